The number of amides is 5. The molecule has 1 saturated carbocycles. The number of ether oxygens (including phenoxy) is 1. The Labute approximate surface area is 298 Å². The lowest BCUT2D eigenvalue weighted by Gasteiger charge is -2.31. The lowest BCUT2D eigenvalue weighted by Crippen LogP contribution is -2.51. The summed E-state index contributed by atoms with van der Waals surface area (Å²) < 4.78 is 60.1. The lowest BCUT2D eigenvalue weighted by atomic mass is 9.81. The van der Waals surface area contributed by atoms with Gasteiger partial charge in [0.2, 0.25) is 23.3 Å². The van der Waals surface area contributed by atoms with Crippen LogP contribution < -0.4 is 10.6 Å². The van der Waals surface area contributed by atoms with Crippen LogP contribution in [-0.4, -0.2) is 70.6 Å². The molecular weight excluding hydrogens is 688 g/mol. The first-order valence-electron chi connectivity index (χ1n) is 17.6. The van der Waals surface area contributed by atoms with Crippen molar-refractivity contribution in [3.63, 3.8) is 0 Å². The number of aryl methyl sites for hydroxylation is 1. The molecule has 2 aromatic rings. The molecule has 0 aromatic heterocycles. The highest BCUT2D eigenvalue weighted by Crippen LogP contribution is 2.46. The Morgan fingerprint density at radius 2 is 1.69 bits per heavy atom. The number of nitrogens with one attached hydrogen (secondary N) is 2. The minimum Gasteiger partial charge on any atom is -0.427 e. The predicted octanol–water partition coefficient (Wildman–Crippen LogP) is 5.69. The van der Waals surface area contributed by atoms with Gasteiger partial charge in [-0.05, 0) is 74.4 Å². The van der Waals surface area contributed by atoms with Crippen LogP contribution in [0.5, 0.6) is 0 Å². The topological polar surface area (TPSA) is 142 Å². The van der Waals surface area contributed by atoms with Gasteiger partial charge in [0, 0.05) is 55.9 Å². The number of anilines is 1. The van der Waals surface area contributed by atoms with Gasteiger partial charge >= 0.3 is 12.3 Å². The Morgan fingerprint density at radius 3 is 2.37 bits per heavy atom. The standard InChI is InChI=1S/C37H42F4N4O7/c1-23(37(39,40)41)44(21-24-9-11-27(38)12-10-24)33(49)22-45-34(50)36(52-35(45)51)18-17-26-20-28(13-14-29(26)36)43-32(48)16-15-31(47)42-19-4-2-3-8-30(46)25-6-5-7-25/h9-14,20,23,25H,2-8,15-19,21-22H2,1H3,(H,42,47)(H,43,48)/t23-,36?/m0/s1. The molecule has 0 radical (unpaired) electrons. The van der Waals surface area contributed by atoms with E-state index in [-0.39, 0.29) is 43.1 Å². The van der Waals surface area contributed by atoms with Crippen molar-refractivity contribution in [2.45, 2.75) is 102 Å². The molecular formula is C37H42F4N4O7. The number of carbonyl (C=O) groups is 6. The van der Waals surface area contributed by atoms with Gasteiger partial charge in [-0.2, -0.15) is 13.2 Å². The molecule has 1 unspecified atom stereocenters. The molecule has 2 aliphatic carbocycles. The highest BCUT2D eigenvalue weighted by Gasteiger charge is 2.58. The molecule has 5 rings (SSSR count). The summed E-state index contributed by atoms with van der Waals surface area (Å²) in [5.41, 5.74) is -0.264. The van der Waals surface area contributed by atoms with Crippen LogP contribution in [0, 0.1) is 11.7 Å². The van der Waals surface area contributed by atoms with Crippen LogP contribution in [0.4, 0.5) is 28.0 Å². The zero-order valence-corrected chi connectivity index (χ0v) is 28.9. The number of imide groups is 1. The number of benzene rings is 2. The number of alkyl halides is 3. The zero-order chi connectivity index (χ0) is 37.6. The van der Waals surface area contributed by atoms with Crippen LogP contribution in [0.15, 0.2) is 42.5 Å². The predicted molar refractivity (Wildman–Crippen MR) is 179 cm³/mol. The third-order valence-corrected chi connectivity index (χ3v) is 10.0. The normalized spacial score (nSPS) is 18.8. The Morgan fingerprint density at radius 1 is 0.981 bits per heavy atom. The summed E-state index contributed by atoms with van der Waals surface area (Å²) >= 11 is 0. The minimum absolute atomic E-state index is 0.0181. The molecule has 3 aliphatic rings. The fraction of sp³-hybridized carbons (Fsp3) is 0.514. The van der Waals surface area contributed by atoms with Crippen molar-refractivity contribution in [3.8, 4) is 0 Å². The van der Waals surface area contributed by atoms with Crippen molar-refractivity contribution in [3.05, 3.63) is 65.0 Å². The molecule has 1 aliphatic heterocycles. The first kappa shape index (κ1) is 38.4. The van der Waals surface area contributed by atoms with Gasteiger partial charge in [0.1, 0.15) is 24.2 Å². The number of Topliss-reactive ketones (excluding diaryl/α,β-unsaturated/α-hetero) is 1. The molecule has 11 nitrogen and oxygen atoms in total. The molecule has 0 bridgehead atoms. The number of halogens is 4. The van der Waals surface area contributed by atoms with Gasteiger partial charge in [0.25, 0.3) is 5.91 Å². The third kappa shape index (κ3) is 8.96. The first-order valence-corrected chi connectivity index (χ1v) is 17.6. The molecule has 1 spiro atoms. The van der Waals surface area contributed by atoms with E-state index in [4.69, 9.17) is 4.74 Å². The molecule has 1 saturated heterocycles. The van der Waals surface area contributed by atoms with Crippen LogP contribution in [0.25, 0.3) is 0 Å². The van der Waals surface area contributed by atoms with E-state index in [0.29, 0.717) is 45.4 Å². The van der Waals surface area contributed by atoms with Crippen LogP contribution in [0.2, 0.25) is 0 Å². The average Bonchev–Trinajstić information content (AvgIpc) is 3.54. The third-order valence-electron chi connectivity index (χ3n) is 10.0. The molecule has 280 valence electrons. The van der Waals surface area contributed by atoms with Gasteiger partial charge in [-0.15, -0.1) is 0 Å². The number of ketones is 1. The number of fused-ring (bicyclic) bond motifs is 2. The summed E-state index contributed by atoms with van der Waals surface area (Å²) in [5.74, 6) is -2.77. The molecule has 2 fully saturated rings. The second-order valence-electron chi connectivity index (χ2n) is 13.6. The van der Waals surface area contributed by atoms with Gasteiger partial charge in [-0.3, -0.25) is 24.0 Å². The maximum atomic E-state index is 13.7. The minimum atomic E-state index is -4.83. The van der Waals surface area contributed by atoms with Crippen molar-refractivity contribution in [1.82, 2.24) is 15.1 Å². The van der Waals surface area contributed by atoms with E-state index in [1.165, 1.54) is 24.3 Å². The Balaban J connectivity index is 1.12. The molecule has 5 amide bonds. The van der Waals surface area contributed by atoms with Crippen molar-refractivity contribution in [1.29, 1.82) is 0 Å². The maximum Gasteiger partial charge on any atom is 0.418 e. The van der Waals surface area contributed by atoms with Crippen molar-refractivity contribution < 1.29 is 51.1 Å². The summed E-state index contributed by atoms with van der Waals surface area (Å²) in [7, 11) is 0. The second kappa shape index (κ2) is 16.2. The number of nitrogens with zero attached hydrogens (tertiary/aromatic N) is 2. The fourth-order valence-electron chi connectivity index (χ4n) is 6.66. The molecule has 2 N–H and O–H groups in total. The van der Waals surface area contributed by atoms with Gasteiger partial charge in [-0.1, -0.05) is 31.0 Å². The van der Waals surface area contributed by atoms with Gasteiger partial charge in [0.15, 0.2) is 0 Å². The van der Waals surface area contributed by atoms with Gasteiger partial charge in [-0.25, -0.2) is 14.1 Å². The second-order valence-corrected chi connectivity index (χ2v) is 13.6. The quantitative estimate of drug-likeness (QED) is 0.167. The van der Waals surface area contributed by atoms with E-state index in [1.54, 1.807) is 6.07 Å². The van der Waals surface area contributed by atoms with E-state index in [9.17, 15) is 46.3 Å². The van der Waals surface area contributed by atoms with Crippen molar-refractivity contribution >= 4 is 41.2 Å². The Bertz CT molecular complexity index is 1700. The van der Waals surface area contributed by atoms with Gasteiger partial charge in [0.05, 0.1) is 0 Å². The van der Waals surface area contributed by atoms with E-state index in [0.717, 1.165) is 57.6 Å². The fourth-order valence-corrected chi connectivity index (χ4v) is 6.66. The van der Waals surface area contributed by atoms with Crippen LogP contribution in [-0.2, 0) is 47.3 Å². The summed E-state index contributed by atoms with van der Waals surface area (Å²) in [4.78, 5) is 77.6. The van der Waals surface area contributed by atoms with Crippen LogP contribution in [0.3, 0.4) is 0 Å². The molecule has 2 atom stereocenters. The monoisotopic (exact) mass is 730 g/mol. The Kier molecular flexibility index (Phi) is 12.0. The Hall–Kier alpha value is -4.82. The van der Waals surface area contributed by atoms with E-state index in [1.807, 2.05) is 0 Å². The van der Waals surface area contributed by atoms with E-state index < -0.39 is 60.5 Å². The summed E-state index contributed by atoms with van der Waals surface area (Å²) in [6.07, 6.45) is 0.259. The molecule has 1 heterocycles. The summed E-state index contributed by atoms with van der Waals surface area (Å²) in [6, 6.07) is 6.90. The number of hydrogen-bond acceptors (Lipinski definition) is 7. The molecule has 52 heavy (non-hydrogen) atoms. The largest absolute Gasteiger partial charge is 0.427 e. The summed E-state index contributed by atoms with van der Waals surface area (Å²) in [5, 5.41) is 5.50. The number of hydrogen-bond donors (Lipinski definition) is 2. The number of carbonyl (C=O) groups excluding carboxylic acids is 6. The van der Waals surface area contributed by atoms with Crippen LogP contribution in [0.1, 0.15) is 87.8 Å². The van der Waals surface area contributed by atoms with Crippen molar-refractivity contribution in [2.75, 3.05) is 18.4 Å². The number of rotatable bonds is 16. The van der Waals surface area contributed by atoms with Crippen molar-refractivity contribution in [2.24, 2.45) is 5.92 Å². The highest BCUT2D eigenvalue weighted by atomic mass is 19.4. The van der Waals surface area contributed by atoms with Gasteiger partial charge < -0.3 is 20.3 Å². The van der Waals surface area contributed by atoms with Crippen LogP contribution >= 0.6 is 0 Å². The smallest absolute Gasteiger partial charge is 0.418 e. The summed E-state index contributed by atoms with van der Waals surface area (Å²) in [6.45, 7) is -0.314. The lowest BCUT2D eigenvalue weighted by molar-refractivity contribution is -0.187. The SMILES string of the molecule is C[C@H](N(Cc1ccc(F)cc1)C(=O)CN1C(=O)OC2(CCc3cc(NC(=O)CCC(=O)NCCCCCC(=O)C4CCC4)ccc32)C1=O)C(F)(F)F. The maximum absolute atomic E-state index is 13.7. The number of unbranched alkanes of at least 4 members (excludes halogenated alkanes) is 2. The average molecular weight is 731 g/mol. The highest BCUT2D eigenvalue weighted by molar-refractivity contribution is 6.06. The van der Waals surface area contributed by atoms with E-state index >= 15 is 0 Å². The molecule has 15 heteroatoms. The molecule has 2 aromatic carbocycles. The first-order chi connectivity index (χ1) is 24.7. The van der Waals surface area contributed by atoms with E-state index in [2.05, 4.69) is 10.6 Å². The zero-order valence-electron chi connectivity index (χ0n) is 28.9.